The summed E-state index contributed by atoms with van der Waals surface area (Å²) in [5.74, 6) is -0.369. The highest BCUT2D eigenvalue weighted by atomic mass is 32.1. The van der Waals surface area contributed by atoms with Crippen LogP contribution < -0.4 is 5.32 Å². The molecule has 1 amide bonds. The Balaban J connectivity index is 1.81. The van der Waals surface area contributed by atoms with Crippen molar-refractivity contribution in [2.75, 3.05) is 5.32 Å². The van der Waals surface area contributed by atoms with Gasteiger partial charge < -0.3 is 0 Å². The van der Waals surface area contributed by atoms with Crippen LogP contribution in [0.4, 0.5) is 5.13 Å². The van der Waals surface area contributed by atoms with Crippen molar-refractivity contribution in [2.24, 2.45) is 0 Å². The maximum absolute atomic E-state index is 12.3. The zero-order valence-electron chi connectivity index (χ0n) is 11.7. The molecule has 22 heavy (non-hydrogen) atoms. The first-order valence-electron chi connectivity index (χ1n) is 6.32. The van der Waals surface area contributed by atoms with Gasteiger partial charge in [-0.3, -0.25) is 14.9 Å². The normalized spacial score (nSPS) is 10.6. The molecule has 3 aromatic heterocycles. The lowest BCUT2D eigenvalue weighted by atomic mass is 10.3. The van der Waals surface area contributed by atoms with E-state index in [0.29, 0.717) is 21.4 Å². The number of ketones is 1. The average molecular weight is 349 g/mol. The van der Waals surface area contributed by atoms with Crippen molar-refractivity contribution in [2.45, 2.75) is 13.8 Å². The summed E-state index contributed by atoms with van der Waals surface area (Å²) in [6.45, 7) is 3.26. The number of carbonyl (C=O) groups is 2. The van der Waals surface area contributed by atoms with E-state index in [9.17, 15) is 9.59 Å². The predicted octanol–water partition coefficient (Wildman–Crippen LogP) is 4.09. The summed E-state index contributed by atoms with van der Waals surface area (Å²) < 4.78 is 0. The molecule has 0 fully saturated rings. The molecule has 0 unspecified atom stereocenters. The third kappa shape index (κ3) is 2.99. The molecule has 0 aromatic carbocycles. The summed E-state index contributed by atoms with van der Waals surface area (Å²) in [5.41, 5.74) is 2.07. The van der Waals surface area contributed by atoms with E-state index in [1.807, 2.05) is 23.8 Å². The molecule has 0 aliphatic rings. The van der Waals surface area contributed by atoms with Crippen LogP contribution in [0.15, 0.2) is 22.2 Å². The van der Waals surface area contributed by atoms with Gasteiger partial charge >= 0.3 is 0 Å². The molecule has 8 heteroatoms. The number of nitrogens with zero attached hydrogens (tertiary/aromatic N) is 2. The molecule has 0 atom stereocenters. The molecule has 0 aliphatic heterocycles. The second kappa shape index (κ2) is 6.07. The fourth-order valence-corrected chi connectivity index (χ4v) is 4.18. The van der Waals surface area contributed by atoms with Crippen LogP contribution in [0.5, 0.6) is 0 Å². The number of hydrogen-bond acceptors (Lipinski definition) is 7. The molecular weight excluding hydrogens is 338 g/mol. The monoisotopic (exact) mass is 349 g/mol. The number of anilines is 1. The minimum Gasteiger partial charge on any atom is -0.297 e. The summed E-state index contributed by atoms with van der Waals surface area (Å²) in [4.78, 5) is 32.7. The molecule has 3 rings (SSSR count). The van der Waals surface area contributed by atoms with Crippen molar-refractivity contribution in [3.8, 4) is 10.6 Å². The van der Waals surface area contributed by atoms with Crippen LogP contribution in [0.1, 0.15) is 32.8 Å². The zero-order valence-corrected chi connectivity index (χ0v) is 14.2. The topological polar surface area (TPSA) is 72.0 Å². The molecule has 112 valence electrons. The summed E-state index contributed by atoms with van der Waals surface area (Å²) >= 11 is 4.18. The molecule has 3 heterocycles. The number of Topliss-reactive ketones (excluding diaryl/α,β-unsaturated/α-hetero) is 1. The van der Waals surface area contributed by atoms with Gasteiger partial charge in [-0.15, -0.1) is 22.7 Å². The van der Waals surface area contributed by atoms with E-state index in [1.54, 1.807) is 16.7 Å². The van der Waals surface area contributed by atoms with E-state index in [0.717, 1.165) is 10.6 Å². The summed E-state index contributed by atoms with van der Waals surface area (Å²) in [7, 11) is 0. The third-order valence-corrected chi connectivity index (χ3v) is 5.50. The highest BCUT2D eigenvalue weighted by molar-refractivity contribution is 7.18. The van der Waals surface area contributed by atoms with Gasteiger partial charge in [-0.1, -0.05) is 0 Å². The molecule has 0 saturated carbocycles. The van der Waals surface area contributed by atoms with Gasteiger partial charge in [0.2, 0.25) is 0 Å². The molecule has 0 spiro atoms. The molecule has 0 radical (unpaired) electrons. The van der Waals surface area contributed by atoms with Crippen LogP contribution in [0, 0.1) is 6.92 Å². The lowest BCUT2D eigenvalue weighted by molar-refractivity contribution is 0.100. The van der Waals surface area contributed by atoms with Crippen LogP contribution in [-0.2, 0) is 0 Å². The van der Waals surface area contributed by atoms with E-state index < -0.39 is 0 Å². The summed E-state index contributed by atoms with van der Waals surface area (Å²) in [6, 6.07) is 1.98. The van der Waals surface area contributed by atoms with Gasteiger partial charge in [0.15, 0.2) is 10.9 Å². The van der Waals surface area contributed by atoms with E-state index in [1.165, 1.54) is 29.6 Å². The SMILES string of the molecule is CC(=O)c1csc(NC(=O)c2sc(-c3ccsc3)nc2C)n1. The fraction of sp³-hybridized carbons (Fsp3) is 0.143. The Morgan fingerprint density at radius 3 is 2.68 bits per heavy atom. The Morgan fingerprint density at radius 1 is 1.23 bits per heavy atom. The molecule has 0 bridgehead atoms. The maximum atomic E-state index is 12.3. The van der Waals surface area contributed by atoms with E-state index in [4.69, 9.17) is 0 Å². The number of aromatic nitrogens is 2. The highest BCUT2D eigenvalue weighted by Crippen LogP contribution is 2.30. The molecule has 1 N–H and O–H groups in total. The maximum Gasteiger partial charge on any atom is 0.269 e. The summed E-state index contributed by atoms with van der Waals surface area (Å²) in [5, 5.41) is 9.58. The number of thiophene rings is 1. The van der Waals surface area contributed by atoms with Gasteiger partial charge in [-0.05, 0) is 18.4 Å². The smallest absolute Gasteiger partial charge is 0.269 e. The standard InChI is InChI=1S/C14H11N3O2S3/c1-7-11(22-13(15-7)9-3-4-20-5-9)12(19)17-14-16-10(6-21-14)8(2)18/h3-6H,1-2H3,(H,16,17,19). The van der Waals surface area contributed by atoms with E-state index in [2.05, 4.69) is 15.3 Å². The number of aryl methyl sites for hydroxylation is 1. The lowest BCUT2D eigenvalue weighted by Crippen LogP contribution is -2.11. The minimum atomic E-state index is -0.249. The lowest BCUT2D eigenvalue weighted by Gasteiger charge is -1.98. The van der Waals surface area contributed by atoms with Gasteiger partial charge in [-0.2, -0.15) is 11.3 Å². The zero-order chi connectivity index (χ0) is 15.7. The number of nitrogens with one attached hydrogen (secondary N) is 1. The van der Waals surface area contributed by atoms with Crippen molar-refractivity contribution in [1.82, 2.24) is 9.97 Å². The van der Waals surface area contributed by atoms with Gasteiger partial charge in [-0.25, -0.2) is 9.97 Å². The van der Waals surface area contributed by atoms with Crippen molar-refractivity contribution >= 4 is 50.8 Å². The Hall–Kier alpha value is -1.90. The second-order valence-electron chi connectivity index (χ2n) is 4.49. The van der Waals surface area contributed by atoms with Crippen LogP contribution in [0.3, 0.4) is 0 Å². The fourth-order valence-electron chi connectivity index (χ4n) is 1.76. The van der Waals surface area contributed by atoms with E-state index in [-0.39, 0.29) is 11.7 Å². The molecule has 5 nitrogen and oxygen atoms in total. The largest absolute Gasteiger partial charge is 0.297 e. The quantitative estimate of drug-likeness (QED) is 0.720. The van der Waals surface area contributed by atoms with E-state index >= 15 is 0 Å². The van der Waals surface area contributed by atoms with Crippen LogP contribution in [-0.4, -0.2) is 21.7 Å². The first-order chi connectivity index (χ1) is 10.5. The van der Waals surface area contributed by atoms with Gasteiger partial charge in [0.25, 0.3) is 5.91 Å². The first kappa shape index (κ1) is 15.0. The molecule has 3 aromatic rings. The third-order valence-electron chi connectivity index (χ3n) is 2.86. The Bertz CT molecular complexity index is 834. The second-order valence-corrected chi connectivity index (χ2v) is 7.13. The predicted molar refractivity (Wildman–Crippen MR) is 90.2 cm³/mol. The average Bonchev–Trinajstić information content (AvgIpc) is 3.16. The van der Waals surface area contributed by atoms with Crippen molar-refractivity contribution in [1.29, 1.82) is 0 Å². The van der Waals surface area contributed by atoms with Crippen molar-refractivity contribution in [3.05, 3.63) is 38.5 Å². The summed E-state index contributed by atoms with van der Waals surface area (Å²) in [6.07, 6.45) is 0. The number of amides is 1. The molecule has 0 aliphatic carbocycles. The Morgan fingerprint density at radius 2 is 2.05 bits per heavy atom. The van der Waals surface area contributed by atoms with Crippen molar-refractivity contribution in [3.63, 3.8) is 0 Å². The Kier molecular flexibility index (Phi) is 4.14. The number of thiazole rings is 2. The van der Waals surface area contributed by atoms with Crippen LogP contribution in [0.25, 0.3) is 10.6 Å². The number of rotatable bonds is 4. The van der Waals surface area contributed by atoms with Crippen molar-refractivity contribution < 1.29 is 9.59 Å². The molecule has 0 saturated heterocycles. The van der Waals surface area contributed by atoms with Gasteiger partial charge in [0, 0.05) is 23.2 Å². The van der Waals surface area contributed by atoms with Gasteiger partial charge in [0.05, 0.1) is 5.69 Å². The minimum absolute atomic E-state index is 0.120. The van der Waals surface area contributed by atoms with Crippen LogP contribution in [0.2, 0.25) is 0 Å². The highest BCUT2D eigenvalue weighted by Gasteiger charge is 2.18. The first-order valence-corrected chi connectivity index (χ1v) is 8.96. The van der Waals surface area contributed by atoms with Gasteiger partial charge in [0.1, 0.15) is 15.6 Å². The number of carbonyl (C=O) groups excluding carboxylic acids is 2. The number of hydrogen-bond donors (Lipinski definition) is 1. The Labute approximate surface area is 138 Å². The van der Waals surface area contributed by atoms with Crippen LogP contribution >= 0.6 is 34.0 Å². The molecular formula is C14H11N3O2S3.